The molecule has 0 aromatic heterocycles. The summed E-state index contributed by atoms with van der Waals surface area (Å²) in [6, 6.07) is 11.2. The predicted octanol–water partition coefficient (Wildman–Crippen LogP) is 4.10. The Bertz CT molecular complexity index is 364. The van der Waals surface area contributed by atoms with Crippen LogP contribution in [0.3, 0.4) is 0 Å². The lowest BCUT2D eigenvalue weighted by molar-refractivity contribution is 0.168. The van der Waals surface area contributed by atoms with E-state index in [4.69, 9.17) is 0 Å². The minimum atomic E-state index is 0.606. The Morgan fingerprint density at radius 2 is 1.78 bits per heavy atom. The van der Waals surface area contributed by atoms with Gasteiger partial charge in [-0.25, -0.2) is 0 Å². The highest BCUT2D eigenvalue weighted by Crippen LogP contribution is 2.45. The van der Waals surface area contributed by atoms with Crippen molar-refractivity contribution < 1.29 is 0 Å². The van der Waals surface area contributed by atoms with Gasteiger partial charge in [-0.3, -0.25) is 0 Å². The zero-order valence-electron chi connectivity index (χ0n) is 11.3. The van der Waals surface area contributed by atoms with Gasteiger partial charge in [-0.15, -0.1) is 0 Å². The van der Waals surface area contributed by atoms with Crippen molar-refractivity contribution in [2.45, 2.75) is 50.9 Å². The lowest BCUT2D eigenvalue weighted by Gasteiger charge is -2.38. The van der Waals surface area contributed by atoms with Crippen LogP contribution in [0, 0.1) is 5.41 Å². The number of nitrogens with one attached hydrogen (secondary N) is 1. The van der Waals surface area contributed by atoms with Gasteiger partial charge in [0.25, 0.3) is 0 Å². The minimum absolute atomic E-state index is 0.606. The van der Waals surface area contributed by atoms with Crippen molar-refractivity contribution in [1.29, 1.82) is 0 Å². The number of benzene rings is 1. The molecule has 1 nitrogen and oxygen atoms in total. The number of hydrogen-bond acceptors (Lipinski definition) is 1. The van der Waals surface area contributed by atoms with E-state index in [2.05, 4.69) is 35.6 Å². The summed E-state index contributed by atoms with van der Waals surface area (Å²) in [7, 11) is 0. The molecule has 1 aliphatic heterocycles. The van der Waals surface area contributed by atoms with Crippen molar-refractivity contribution in [1.82, 2.24) is 5.32 Å². The third-order valence-corrected chi connectivity index (χ3v) is 5.03. The fourth-order valence-corrected chi connectivity index (χ4v) is 4.02. The van der Waals surface area contributed by atoms with Crippen LogP contribution < -0.4 is 5.32 Å². The number of rotatable bonds is 1. The second-order valence-electron chi connectivity index (χ2n) is 6.34. The fraction of sp³-hybridized carbons (Fsp3) is 0.647. The molecule has 98 valence electrons. The topological polar surface area (TPSA) is 12.0 Å². The summed E-state index contributed by atoms with van der Waals surface area (Å²) in [5.74, 6) is 0.777. The average Bonchev–Trinajstić information content (AvgIpc) is 2.64. The molecule has 0 bridgehead atoms. The summed E-state index contributed by atoms with van der Waals surface area (Å²) >= 11 is 0. The molecule has 18 heavy (non-hydrogen) atoms. The van der Waals surface area contributed by atoms with Crippen LogP contribution in [-0.2, 0) is 0 Å². The summed E-state index contributed by atoms with van der Waals surface area (Å²) < 4.78 is 0. The molecule has 1 heteroatoms. The van der Waals surface area contributed by atoms with Crippen LogP contribution in [0.2, 0.25) is 0 Å². The molecule has 2 fully saturated rings. The summed E-state index contributed by atoms with van der Waals surface area (Å²) in [4.78, 5) is 0. The molecule has 1 N–H and O–H groups in total. The molecule has 1 atom stereocenters. The molecule has 1 saturated heterocycles. The van der Waals surface area contributed by atoms with Gasteiger partial charge < -0.3 is 5.32 Å². The molecule has 1 aliphatic carbocycles. The monoisotopic (exact) mass is 243 g/mol. The first-order valence-electron chi connectivity index (χ1n) is 7.64. The molecule has 1 heterocycles. The summed E-state index contributed by atoms with van der Waals surface area (Å²) in [5.41, 5.74) is 2.17. The zero-order valence-corrected chi connectivity index (χ0v) is 11.3. The quantitative estimate of drug-likeness (QED) is 0.783. The Balaban J connectivity index is 1.78. The van der Waals surface area contributed by atoms with Crippen LogP contribution >= 0.6 is 0 Å². The normalized spacial score (nSPS) is 27.9. The Hall–Kier alpha value is -0.820. The molecule has 1 aromatic carbocycles. The molecule has 1 aromatic rings. The summed E-state index contributed by atoms with van der Waals surface area (Å²) in [5, 5.41) is 3.71. The molecule has 0 amide bonds. The first-order chi connectivity index (χ1) is 8.88. The molecule has 0 radical (unpaired) electrons. The van der Waals surface area contributed by atoms with Crippen LogP contribution in [0.1, 0.15) is 56.4 Å². The molecule has 2 aliphatic rings. The third kappa shape index (κ3) is 2.61. The van der Waals surface area contributed by atoms with Crippen molar-refractivity contribution in [2.75, 3.05) is 13.1 Å². The van der Waals surface area contributed by atoms with Gasteiger partial charge in [0, 0.05) is 6.54 Å². The van der Waals surface area contributed by atoms with Crippen LogP contribution in [0.4, 0.5) is 0 Å². The van der Waals surface area contributed by atoms with E-state index < -0.39 is 0 Å². The lowest BCUT2D eigenvalue weighted by Crippen LogP contribution is -2.34. The predicted molar refractivity (Wildman–Crippen MR) is 76.8 cm³/mol. The third-order valence-electron chi connectivity index (χ3n) is 5.03. The van der Waals surface area contributed by atoms with Crippen LogP contribution in [0.5, 0.6) is 0 Å². The highest BCUT2D eigenvalue weighted by Gasteiger charge is 2.36. The highest BCUT2D eigenvalue weighted by atomic mass is 14.9. The second kappa shape index (κ2) is 5.44. The van der Waals surface area contributed by atoms with Crippen molar-refractivity contribution >= 4 is 0 Å². The van der Waals surface area contributed by atoms with E-state index in [1.165, 1.54) is 58.0 Å². The fourth-order valence-electron chi connectivity index (χ4n) is 4.02. The maximum absolute atomic E-state index is 3.71. The SMILES string of the molecule is c1ccc(C2CCNCC3(CCCCC3)C2)cc1. The van der Waals surface area contributed by atoms with E-state index in [-0.39, 0.29) is 0 Å². The van der Waals surface area contributed by atoms with Gasteiger partial charge in [0.15, 0.2) is 0 Å². The molecule has 1 unspecified atom stereocenters. The first-order valence-corrected chi connectivity index (χ1v) is 7.64. The van der Waals surface area contributed by atoms with Gasteiger partial charge in [-0.05, 0) is 49.1 Å². The first kappa shape index (κ1) is 12.2. The van der Waals surface area contributed by atoms with Gasteiger partial charge in [0.05, 0.1) is 0 Å². The molecule has 1 saturated carbocycles. The largest absolute Gasteiger partial charge is 0.316 e. The Morgan fingerprint density at radius 1 is 1.00 bits per heavy atom. The van der Waals surface area contributed by atoms with E-state index in [1.807, 2.05) is 0 Å². The summed E-state index contributed by atoms with van der Waals surface area (Å²) in [6.07, 6.45) is 9.96. The lowest BCUT2D eigenvalue weighted by atomic mass is 9.68. The van der Waals surface area contributed by atoms with E-state index in [0.717, 1.165) is 5.92 Å². The van der Waals surface area contributed by atoms with Gasteiger partial charge >= 0.3 is 0 Å². The average molecular weight is 243 g/mol. The Kier molecular flexibility index (Phi) is 3.69. The van der Waals surface area contributed by atoms with Crippen LogP contribution in [-0.4, -0.2) is 13.1 Å². The molecular weight excluding hydrogens is 218 g/mol. The van der Waals surface area contributed by atoms with Crippen molar-refractivity contribution in [3.8, 4) is 0 Å². The maximum Gasteiger partial charge on any atom is 0.000803 e. The van der Waals surface area contributed by atoms with Gasteiger partial charge in [-0.1, -0.05) is 49.6 Å². The standard InChI is InChI=1S/C17H25N/c1-3-7-15(8-4-1)16-9-12-18-14-17(13-16)10-5-2-6-11-17/h1,3-4,7-8,16,18H,2,5-6,9-14H2. The smallest absolute Gasteiger partial charge is 0.000803 e. The van der Waals surface area contributed by atoms with E-state index in [9.17, 15) is 0 Å². The van der Waals surface area contributed by atoms with Gasteiger partial charge in [0.2, 0.25) is 0 Å². The van der Waals surface area contributed by atoms with Crippen LogP contribution in [0.15, 0.2) is 30.3 Å². The molecule has 1 spiro atoms. The molecular formula is C17H25N. The van der Waals surface area contributed by atoms with E-state index in [1.54, 1.807) is 5.56 Å². The minimum Gasteiger partial charge on any atom is -0.316 e. The molecule has 3 rings (SSSR count). The Labute approximate surface area is 111 Å². The van der Waals surface area contributed by atoms with Crippen molar-refractivity contribution in [2.24, 2.45) is 5.41 Å². The Morgan fingerprint density at radius 3 is 2.56 bits per heavy atom. The second-order valence-corrected chi connectivity index (χ2v) is 6.34. The van der Waals surface area contributed by atoms with Gasteiger partial charge in [-0.2, -0.15) is 0 Å². The van der Waals surface area contributed by atoms with Crippen LogP contribution in [0.25, 0.3) is 0 Å². The number of hydrogen-bond donors (Lipinski definition) is 1. The highest BCUT2D eigenvalue weighted by molar-refractivity contribution is 5.20. The maximum atomic E-state index is 3.71. The summed E-state index contributed by atoms with van der Waals surface area (Å²) in [6.45, 7) is 2.46. The van der Waals surface area contributed by atoms with Gasteiger partial charge in [0.1, 0.15) is 0 Å². The van der Waals surface area contributed by atoms with E-state index in [0.29, 0.717) is 5.41 Å². The zero-order chi connectivity index (χ0) is 12.3. The van der Waals surface area contributed by atoms with Crippen molar-refractivity contribution in [3.05, 3.63) is 35.9 Å². The van der Waals surface area contributed by atoms with Crippen molar-refractivity contribution in [3.63, 3.8) is 0 Å². The van der Waals surface area contributed by atoms with E-state index >= 15 is 0 Å².